The van der Waals surface area contributed by atoms with Crippen molar-refractivity contribution in [2.45, 2.75) is 39.5 Å². The number of hydrogen-bond acceptors (Lipinski definition) is 4. The van der Waals surface area contributed by atoms with Crippen LogP contribution in [0.15, 0.2) is 28.7 Å². The first-order valence-electron chi connectivity index (χ1n) is 9.67. The third-order valence-corrected chi connectivity index (χ3v) is 5.15. The monoisotopic (exact) mass is 387 g/mol. The summed E-state index contributed by atoms with van der Waals surface area (Å²) in [4.78, 5) is 30.6. The maximum Gasteiger partial charge on any atom is 0.291 e. The van der Waals surface area contributed by atoms with Crippen molar-refractivity contribution in [2.75, 3.05) is 19.6 Å². The summed E-state index contributed by atoms with van der Waals surface area (Å²) in [6, 6.07) is 6.59. The van der Waals surface area contributed by atoms with Crippen molar-refractivity contribution in [1.29, 1.82) is 0 Å². The fourth-order valence-corrected chi connectivity index (χ4v) is 3.59. The van der Waals surface area contributed by atoms with Crippen LogP contribution >= 0.6 is 0 Å². The van der Waals surface area contributed by atoms with E-state index < -0.39 is 0 Å². The first-order valence-corrected chi connectivity index (χ1v) is 9.67. The molecular weight excluding hydrogens is 361 g/mol. The number of aryl methyl sites for hydroxylation is 2. The number of carbonyl (C=O) groups excluding carboxylic acids is 2. The third kappa shape index (κ3) is 4.97. The predicted octanol–water partition coefficient (Wildman–Crippen LogP) is 3.03. The minimum absolute atomic E-state index is 0.0252. The Morgan fingerprint density at radius 1 is 1.25 bits per heavy atom. The Kier molecular flexibility index (Phi) is 6.44. The Labute approximate surface area is 164 Å². The Hall–Kier alpha value is -2.70. The van der Waals surface area contributed by atoms with Crippen molar-refractivity contribution in [3.63, 3.8) is 0 Å². The van der Waals surface area contributed by atoms with Crippen molar-refractivity contribution in [1.82, 2.24) is 15.2 Å². The van der Waals surface area contributed by atoms with E-state index in [1.165, 1.54) is 6.07 Å². The molecule has 0 radical (unpaired) electrons. The average Bonchev–Trinajstić information content (AvgIpc) is 3.01. The lowest BCUT2D eigenvalue weighted by Crippen LogP contribution is -2.40. The quantitative estimate of drug-likeness (QED) is 0.827. The number of benzene rings is 1. The molecule has 3 rings (SSSR count). The van der Waals surface area contributed by atoms with Gasteiger partial charge in [0.05, 0.1) is 5.69 Å². The fraction of sp³-hybridized carbons (Fsp3) is 0.476. The highest BCUT2D eigenvalue weighted by Crippen LogP contribution is 2.23. The topological polar surface area (TPSA) is 75.4 Å². The van der Waals surface area contributed by atoms with E-state index in [9.17, 15) is 14.0 Å². The molecule has 28 heavy (non-hydrogen) atoms. The molecule has 7 heteroatoms. The first kappa shape index (κ1) is 20.0. The number of nitrogens with zero attached hydrogens (tertiary/aromatic N) is 2. The molecule has 1 fully saturated rings. The lowest BCUT2D eigenvalue weighted by molar-refractivity contribution is -0.122. The SMILES string of the molecule is Cc1nc(C)c(C(=O)N2CCC(CC(=O)NCCc3ccccc3F)CC2)o1. The molecule has 1 saturated heterocycles. The van der Waals surface area contributed by atoms with Crippen molar-refractivity contribution in [2.24, 2.45) is 5.92 Å². The average molecular weight is 387 g/mol. The van der Waals surface area contributed by atoms with Gasteiger partial charge in [0.15, 0.2) is 5.89 Å². The molecule has 6 nitrogen and oxygen atoms in total. The number of piperidine rings is 1. The molecule has 0 unspecified atom stereocenters. The number of oxazole rings is 1. The molecule has 150 valence electrons. The highest BCUT2D eigenvalue weighted by atomic mass is 19.1. The highest BCUT2D eigenvalue weighted by molar-refractivity contribution is 5.92. The van der Waals surface area contributed by atoms with Crippen molar-refractivity contribution < 1.29 is 18.4 Å². The minimum Gasteiger partial charge on any atom is -0.436 e. The van der Waals surface area contributed by atoms with E-state index in [0.717, 1.165) is 12.8 Å². The first-order chi connectivity index (χ1) is 13.4. The van der Waals surface area contributed by atoms with Crippen LogP contribution in [0.4, 0.5) is 4.39 Å². The Morgan fingerprint density at radius 3 is 2.61 bits per heavy atom. The fourth-order valence-electron chi connectivity index (χ4n) is 3.59. The van der Waals surface area contributed by atoms with Gasteiger partial charge in [-0.3, -0.25) is 9.59 Å². The number of amides is 2. The van der Waals surface area contributed by atoms with E-state index >= 15 is 0 Å². The molecule has 1 aromatic carbocycles. The number of carbonyl (C=O) groups is 2. The molecule has 0 spiro atoms. The molecular formula is C21H26FN3O3. The number of nitrogens with one attached hydrogen (secondary N) is 1. The molecule has 0 atom stereocenters. The van der Waals surface area contributed by atoms with Crippen LogP contribution in [-0.4, -0.2) is 41.3 Å². The zero-order chi connectivity index (χ0) is 20.1. The van der Waals surface area contributed by atoms with Gasteiger partial charge in [-0.05, 0) is 43.7 Å². The minimum atomic E-state index is -0.244. The zero-order valence-corrected chi connectivity index (χ0v) is 16.3. The van der Waals surface area contributed by atoms with Crippen LogP contribution in [-0.2, 0) is 11.2 Å². The summed E-state index contributed by atoms with van der Waals surface area (Å²) in [6.07, 6.45) is 2.46. The Bertz CT molecular complexity index is 841. The normalized spacial score (nSPS) is 14.9. The second kappa shape index (κ2) is 8.99. The highest BCUT2D eigenvalue weighted by Gasteiger charge is 2.28. The van der Waals surface area contributed by atoms with Crippen molar-refractivity contribution in [3.8, 4) is 0 Å². The Morgan fingerprint density at radius 2 is 1.96 bits per heavy atom. The number of halogens is 1. The molecule has 2 heterocycles. The van der Waals surface area contributed by atoms with Crippen molar-refractivity contribution in [3.05, 3.63) is 53.0 Å². The number of rotatable bonds is 6. The van der Waals surface area contributed by atoms with Gasteiger partial charge in [0.1, 0.15) is 5.82 Å². The lowest BCUT2D eigenvalue weighted by atomic mass is 9.93. The maximum absolute atomic E-state index is 13.6. The van der Waals surface area contributed by atoms with Crippen LogP contribution in [0.3, 0.4) is 0 Å². The van der Waals surface area contributed by atoms with E-state index in [1.807, 2.05) is 0 Å². The van der Waals surface area contributed by atoms with Crippen molar-refractivity contribution >= 4 is 11.8 Å². The second-order valence-electron chi connectivity index (χ2n) is 7.28. The number of aromatic nitrogens is 1. The van der Waals surface area contributed by atoms with Gasteiger partial charge in [-0.1, -0.05) is 18.2 Å². The summed E-state index contributed by atoms with van der Waals surface area (Å²) in [5.41, 5.74) is 1.21. The summed E-state index contributed by atoms with van der Waals surface area (Å²) in [5, 5.41) is 2.87. The van der Waals surface area contributed by atoms with E-state index in [2.05, 4.69) is 10.3 Å². The summed E-state index contributed by atoms with van der Waals surface area (Å²) in [7, 11) is 0. The largest absolute Gasteiger partial charge is 0.436 e. The van der Waals surface area contributed by atoms with E-state index in [0.29, 0.717) is 55.4 Å². The molecule has 1 aliphatic heterocycles. The third-order valence-electron chi connectivity index (χ3n) is 5.15. The molecule has 2 amide bonds. The summed E-state index contributed by atoms with van der Waals surface area (Å²) in [6.45, 7) is 5.11. The molecule has 1 aromatic heterocycles. The summed E-state index contributed by atoms with van der Waals surface area (Å²) < 4.78 is 19.0. The Balaban J connectivity index is 1.40. The van der Waals surface area contributed by atoms with Crippen LogP contribution in [0, 0.1) is 25.6 Å². The van der Waals surface area contributed by atoms with E-state index in [-0.39, 0.29) is 23.5 Å². The van der Waals surface area contributed by atoms with Crippen LogP contribution in [0.1, 0.15) is 47.0 Å². The summed E-state index contributed by atoms with van der Waals surface area (Å²) in [5.74, 6) is 0.638. The van der Waals surface area contributed by atoms with Crippen LogP contribution in [0.25, 0.3) is 0 Å². The second-order valence-corrected chi connectivity index (χ2v) is 7.28. The van der Waals surface area contributed by atoms with Gasteiger partial charge in [0, 0.05) is 33.0 Å². The molecule has 2 aromatic rings. The van der Waals surface area contributed by atoms with Crippen LogP contribution in [0.2, 0.25) is 0 Å². The molecule has 0 bridgehead atoms. The summed E-state index contributed by atoms with van der Waals surface area (Å²) >= 11 is 0. The molecule has 0 saturated carbocycles. The van der Waals surface area contributed by atoms with Gasteiger partial charge < -0.3 is 14.6 Å². The van der Waals surface area contributed by atoms with E-state index in [4.69, 9.17) is 4.42 Å². The lowest BCUT2D eigenvalue weighted by Gasteiger charge is -2.31. The maximum atomic E-state index is 13.6. The number of hydrogen-bond donors (Lipinski definition) is 1. The molecule has 1 N–H and O–H groups in total. The predicted molar refractivity (Wildman–Crippen MR) is 102 cm³/mol. The van der Waals surface area contributed by atoms with E-state index in [1.54, 1.807) is 36.9 Å². The van der Waals surface area contributed by atoms with Gasteiger partial charge in [0.25, 0.3) is 5.91 Å². The molecule has 1 aliphatic rings. The smallest absolute Gasteiger partial charge is 0.291 e. The van der Waals surface area contributed by atoms with Gasteiger partial charge in [-0.2, -0.15) is 0 Å². The van der Waals surface area contributed by atoms with Crippen LogP contribution < -0.4 is 5.32 Å². The van der Waals surface area contributed by atoms with Gasteiger partial charge in [0.2, 0.25) is 11.7 Å². The van der Waals surface area contributed by atoms with Crippen LogP contribution in [0.5, 0.6) is 0 Å². The van der Waals surface area contributed by atoms with Gasteiger partial charge in [-0.15, -0.1) is 0 Å². The van der Waals surface area contributed by atoms with Gasteiger partial charge >= 0.3 is 0 Å². The zero-order valence-electron chi connectivity index (χ0n) is 16.3. The van der Waals surface area contributed by atoms with Gasteiger partial charge in [-0.25, -0.2) is 9.37 Å². The number of likely N-dealkylation sites (tertiary alicyclic amines) is 1. The standard InChI is InChI=1S/C21H26FN3O3/c1-14-20(28-15(2)24-14)21(27)25-11-8-16(9-12-25)13-19(26)23-10-7-17-5-3-4-6-18(17)22/h3-6,16H,7-13H2,1-2H3,(H,23,26). The molecule has 0 aliphatic carbocycles.